The second kappa shape index (κ2) is 3.09. The lowest BCUT2D eigenvalue weighted by Crippen LogP contribution is -1.92. The standard InChI is InChI=1S/C7H3Cl2N2S/c8-6-4(3-12-7(6)9)5-1-2-10-11-5/h1-3H. The average molecular weight is 218 g/mol. The van der Waals surface area contributed by atoms with Crippen LogP contribution in [-0.2, 0) is 0 Å². The summed E-state index contributed by atoms with van der Waals surface area (Å²) in [6.07, 6.45) is 3.42. The minimum absolute atomic E-state index is 0.558. The molecule has 0 aliphatic carbocycles. The van der Waals surface area contributed by atoms with Crippen molar-refractivity contribution in [1.29, 1.82) is 0 Å². The summed E-state index contributed by atoms with van der Waals surface area (Å²) < 4.78 is 0.592. The van der Waals surface area contributed by atoms with Crippen LogP contribution in [0.2, 0.25) is 9.36 Å². The summed E-state index contributed by atoms with van der Waals surface area (Å²) in [6.45, 7) is 0. The van der Waals surface area contributed by atoms with Crippen LogP contribution in [0.25, 0.3) is 0 Å². The average Bonchev–Trinajstić information content (AvgIpc) is 2.64. The Labute approximate surface area is 83.5 Å². The van der Waals surface area contributed by atoms with Gasteiger partial charge >= 0.3 is 0 Å². The van der Waals surface area contributed by atoms with E-state index in [1.54, 1.807) is 12.3 Å². The largest absolute Gasteiger partial charge is 0.158 e. The van der Waals surface area contributed by atoms with E-state index in [-0.39, 0.29) is 0 Å². The van der Waals surface area contributed by atoms with E-state index in [0.29, 0.717) is 9.36 Å². The Bertz CT molecular complexity index is 367. The molecule has 1 aromatic heterocycles. The predicted octanol–water partition coefficient (Wildman–Crippen LogP) is 2.89. The van der Waals surface area contributed by atoms with Crippen LogP contribution in [0.1, 0.15) is 5.56 Å². The molecule has 5 heteroatoms. The molecule has 1 radical (unpaired) electrons. The summed E-state index contributed by atoms with van der Waals surface area (Å²) >= 11 is 13.1. The zero-order chi connectivity index (χ0) is 8.55. The van der Waals surface area contributed by atoms with Crippen molar-refractivity contribution in [3.05, 3.63) is 32.6 Å². The highest BCUT2D eigenvalue weighted by Gasteiger charge is 2.13. The highest BCUT2D eigenvalue weighted by atomic mass is 35.5. The zero-order valence-corrected chi connectivity index (χ0v) is 8.12. The quantitative estimate of drug-likeness (QED) is 0.692. The Kier molecular flexibility index (Phi) is 2.09. The van der Waals surface area contributed by atoms with Gasteiger partial charge in [0.25, 0.3) is 0 Å². The fourth-order valence-electron chi connectivity index (χ4n) is 0.869. The van der Waals surface area contributed by atoms with Crippen LogP contribution in [0.4, 0.5) is 0 Å². The zero-order valence-electron chi connectivity index (χ0n) is 5.79. The van der Waals surface area contributed by atoms with Crippen molar-refractivity contribution >= 4 is 40.3 Å². The SMILES string of the molecule is Clc1scc(C2=N[N]C=C2)c1Cl. The van der Waals surface area contributed by atoms with Crippen molar-refractivity contribution in [1.82, 2.24) is 5.43 Å². The fraction of sp³-hybridized carbons (Fsp3) is 0. The summed E-state index contributed by atoms with van der Waals surface area (Å²) in [5.41, 5.74) is 5.32. The van der Waals surface area contributed by atoms with Crippen molar-refractivity contribution in [2.75, 3.05) is 0 Å². The molecular formula is C7H3Cl2N2S. The summed E-state index contributed by atoms with van der Waals surface area (Å²) in [5, 5.41) is 6.30. The van der Waals surface area contributed by atoms with Gasteiger partial charge in [0.1, 0.15) is 4.34 Å². The third-order valence-electron chi connectivity index (χ3n) is 1.43. The topological polar surface area (TPSA) is 26.5 Å². The molecular weight excluding hydrogens is 215 g/mol. The fourth-order valence-corrected chi connectivity index (χ4v) is 2.13. The molecule has 2 heterocycles. The lowest BCUT2D eigenvalue weighted by Gasteiger charge is -1.91. The number of hydrogen-bond acceptors (Lipinski definition) is 2. The minimum Gasteiger partial charge on any atom is -0.158 e. The summed E-state index contributed by atoms with van der Waals surface area (Å²) in [7, 11) is 0. The molecule has 1 aliphatic heterocycles. The lowest BCUT2D eigenvalue weighted by atomic mass is 10.2. The third-order valence-corrected chi connectivity index (χ3v) is 3.25. The number of thiophene rings is 1. The number of nitrogens with zero attached hydrogens (tertiary/aromatic N) is 2. The second-order valence-corrected chi connectivity index (χ2v) is 4.01. The van der Waals surface area contributed by atoms with Crippen LogP contribution >= 0.6 is 34.5 Å². The molecule has 0 spiro atoms. The molecule has 0 saturated carbocycles. The van der Waals surface area contributed by atoms with Crippen molar-refractivity contribution in [3.8, 4) is 0 Å². The Morgan fingerprint density at radius 1 is 1.33 bits per heavy atom. The first kappa shape index (κ1) is 8.10. The molecule has 1 aliphatic rings. The monoisotopic (exact) mass is 217 g/mol. The predicted molar refractivity (Wildman–Crippen MR) is 52.2 cm³/mol. The molecule has 2 rings (SSSR count). The number of allylic oxidation sites excluding steroid dienone is 1. The number of hydrogen-bond donors (Lipinski definition) is 0. The van der Waals surface area contributed by atoms with Crippen LogP contribution in [0.3, 0.4) is 0 Å². The third kappa shape index (κ3) is 1.24. The first-order chi connectivity index (χ1) is 5.79. The maximum Gasteiger partial charge on any atom is 0.112 e. The van der Waals surface area contributed by atoms with Crippen molar-refractivity contribution in [2.24, 2.45) is 5.10 Å². The van der Waals surface area contributed by atoms with E-state index in [2.05, 4.69) is 10.5 Å². The second-order valence-electron chi connectivity index (χ2n) is 2.15. The van der Waals surface area contributed by atoms with Gasteiger partial charge in [0.2, 0.25) is 0 Å². The molecule has 0 saturated heterocycles. The summed E-state index contributed by atoms with van der Waals surface area (Å²) in [5.74, 6) is 0. The van der Waals surface area contributed by atoms with E-state index >= 15 is 0 Å². The van der Waals surface area contributed by atoms with Gasteiger partial charge in [0.05, 0.1) is 16.9 Å². The van der Waals surface area contributed by atoms with E-state index in [1.807, 2.05) is 5.38 Å². The van der Waals surface area contributed by atoms with E-state index in [1.165, 1.54) is 11.3 Å². The highest BCUT2D eigenvalue weighted by Crippen LogP contribution is 2.33. The molecule has 0 aromatic carbocycles. The van der Waals surface area contributed by atoms with Crippen LogP contribution < -0.4 is 5.43 Å². The molecule has 0 unspecified atom stereocenters. The van der Waals surface area contributed by atoms with E-state index in [9.17, 15) is 0 Å². The number of halogens is 2. The van der Waals surface area contributed by atoms with E-state index in [0.717, 1.165) is 11.3 Å². The Morgan fingerprint density at radius 2 is 2.17 bits per heavy atom. The van der Waals surface area contributed by atoms with Gasteiger partial charge in [0.15, 0.2) is 0 Å². The molecule has 0 bridgehead atoms. The van der Waals surface area contributed by atoms with E-state index < -0.39 is 0 Å². The normalized spacial score (nSPS) is 14.7. The molecule has 61 valence electrons. The molecule has 0 amide bonds. The smallest absolute Gasteiger partial charge is 0.112 e. The first-order valence-corrected chi connectivity index (χ1v) is 4.80. The lowest BCUT2D eigenvalue weighted by molar-refractivity contribution is 0.972. The molecule has 2 nitrogen and oxygen atoms in total. The van der Waals surface area contributed by atoms with Gasteiger partial charge in [-0.3, -0.25) is 0 Å². The van der Waals surface area contributed by atoms with Crippen LogP contribution in [0, 0.1) is 0 Å². The summed E-state index contributed by atoms with van der Waals surface area (Å²) in [4.78, 5) is 0. The molecule has 0 fully saturated rings. The Morgan fingerprint density at radius 3 is 2.67 bits per heavy atom. The molecule has 0 N–H and O–H groups in total. The van der Waals surface area contributed by atoms with Crippen LogP contribution in [0.5, 0.6) is 0 Å². The van der Waals surface area contributed by atoms with Crippen LogP contribution in [-0.4, -0.2) is 5.71 Å². The van der Waals surface area contributed by atoms with Gasteiger partial charge in [-0.15, -0.1) is 11.3 Å². The van der Waals surface area contributed by atoms with E-state index in [4.69, 9.17) is 23.2 Å². The van der Waals surface area contributed by atoms with Gasteiger partial charge in [-0.25, -0.2) is 0 Å². The van der Waals surface area contributed by atoms with Gasteiger partial charge in [-0.05, 0) is 6.08 Å². The van der Waals surface area contributed by atoms with Gasteiger partial charge < -0.3 is 0 Å². The first-order valence-electron chi connectivity index (χ1n) is 3.16. The maximum absolute atomic E-state index is 5.91. The minimum atomic E-state index is 0.558. The molecule has 0 atom stereocenters. The Balaban J connectivity index is 2.46. The molecule has 1 aromatic rings. The maximum atomic E-state index is 5.91. The van der Waals surface area contributed by atoms with Crippen molar-refractivity contribution in [3.63, 3.8) is 0 Å². The molecule has 12 heavy (non-hydrogen) atoms. The van der Waals surface area contributed by atoms with Crippen molar-refractivity contribution < 1.29 is 0 Å². The summed E-state index contributed by atoms with van der Waals surface area (Å²) in [6, 6.07) is 0. The van der Waals surface area contributed by atoms with Gasteiger partial charge in [-0.2, -0.15) is 10.5 Å². The Hall–Kier alpha value is -0.510. The van der Waals surface area contributed by atoms with Gasteiger partial charge in [-0.1, -0.05) is 23.2 Å². The van der Waals surface area contributed by atoms with Crippen molar-refractivity contribution in [2.45, 2.75) is 0 Å². The van der Waals surface area contributed by atoms with Crippen LogP contribution in [0.15, 0.2) is 22.8 Å². The number of rotatable bonds is 1. The highest BCUT2D eigenvalue weighted by molar-refractivity contribution is 7.15. The van der Waals surface area contributed by atoms with Gasteiger partial charge in [0, 0.05) is 10.9 Å².